The number of para-hydroxylation sites is 1. The maximum Gasteiger partial charge on any atom is 0.172 e. The molecule has 2 aromatic rings. The lowest BCUT2D eigenvalue weighted by molar-refractivity contribution is 0.0982. The topological polar surface area (TPSA) is 35.5 Å². The van der Waals surface area contributed by atoms with Gasteiger partial charge in [-0.3, -0.25) is 4.79 Å². The van der Waals surface area contributed by atoms with Gasteiger partial charge < -0.3 is 9.47 Å². The Morgan fingerprint density at radius 1 is 1.05 bits per heavy atom. The minimum absolute atomic E-state index is 0.0577. The van der Waals surface area contributed by atoms with Crippen molar-refractivity contribution in [3.8, 4) is 11.5 Å². The lowest BCUT2D eigenvalue weighted by atomic mass is 9.99. The van der Waals surface area contributed by atoms with Crippen molar-refractivity contribution in [3.05, 3.63) is 58.7 Å². The molecule has 0 aromatic heterocycles. The van der Waals surface area contributed by atoms with Crippen LogP contribution in [0.1, 0.15) is 27.0 Å². The average Bonchev–Trinajstić information content (AvgIpc) is 2.45. The van der Waals surface area contributed by atoms with Gasteiger partial charge in [0.15, 0.2) is 17.3 Å². The third-order valence-electron chi connectivity index (χ3n) is 3.51. The van der Waals surface area contributed by atoms with Crippen LogP contribution in [0.4, 0.5) is 0 Å². The Balaban J connectivity index is 1.89. The first-order valence-electron chi connectivity index (χ1n) is 7.12. The number of aryl methyl sites for hydroxylation is 2. The molecule has 0 fully saturated rings. The predicted molar refractivity (Wildman–Crippen MR) is 81.4 cm³/mol. The SMILES string of the molecule is Cc1cc(C)cc(CC(=O)c2cccc3c2OCCO3)c1. The van der Waals surface area contributed by atoms with E-state index in [9.17, 15) is 4.79 Å². The van der Waals surface area contributed by atoms with Crippen LogP contribution in [0, 0.1) is 13.8 Å². The van der Waals surface area contributed by atoms with E-state index in [4.69, 9.17) is 9.47 Å². The quantitative estimate of drug-likeness (QED) is 0.808. The van der Waals surface area contributed by atoms with E-state index in [1.807, 2.05) is 26.0 Å². The lowest BCUT2D eigenvalue weighted by Gasteiger charge is -2.20. The van der Waals surface area contributed by atoms with Crippen LogP contribution in [0.5, 0.6) is 11.5 Å². The van der Waals surface area contributed by atoms with Crippen LogP contribution in [0.3, 0.4) is 0 Å². The highest BCUT2D eigenvalue weighted by atomic mass is 16.6. The highest BCUT2D eigenvalue weighted by Crippen LogP contribution is 2.34. The van der Waals surface area contributed by atoms with Crippen molar-refractivity contribution in [2.75, 3.05) is 13.2 Å². The van der Waals surface area contributed by atoms with E-state index in [0.717, 1.165) is 5.56 Å². The van der Waals surface area contributed by atoms with E-state index in [0.29, 0.717) is 36.7 Å². The third kappa shape index (κ3) is 2.92. The molecule has 0 aliphatic carbocycles. The van der Waals surface area contributed by atoms with Gasteiger partial charge in [0.25, 0.3) is 0 Å². The Hall–Kier alpha value is -2.29. The van der Waals surface area contributed by atoms with Crippen LogP contribution in [0.25, 0.3) is 0 Å². The minimum Gasteiger partial charge on any atom is -0.486 e. The van der Waals surface area contributed by atoms with Gasteiger partial charge in [0.05, 0.1) is 5.56 Å². The van der Waals surface area contributed by atoms with Gasteiger partial charge in [-0.1, -0.05) is 35.4 Å². The molecule has 0 amide bonds. The molecule has 3 heteroatoms. The summed E-state index contributed by atoms with van der Waals surface area (Å²) in [5.74, 6) is 1.30. The first kappa shape index (κ1) is 13.7. The van der Waals surface area contributed by atoms with Crippen molar-refractivity contribution in [1.82, 2.24) is 0 Å². The summed E-state index contributed by atoms with van der Waals surface area (Å²) in [6.07, 6.45) is 0.377. The molecule has 0 saturated heterocycles. The molecule has 3 rings (SSSR count). The Labute approximate surface area is 124 Å². The highest BCUT2D eigenvalue weighted by Gasteiger charge is 2.20. The van der Waals surface area contributed by atoms with Crippen molar-refractivity contribution < 1.29 is 14.3 Å². The standard InChI is InChI=1S/C18H18O3/c1-12-8-13(2)10-14(9-12)11-16(19)15-4-3-5-17-18(15)21-7-6-20-17/h3-5,8-10H,6-7,11H2,1-2H3. The fourth-order valence-corrected chi connectivity index (χ4v) is 2.74. The molecular formula is C18H18O3. The summed E-state index contributed by atoms with van der Waals surface area (Å²) in [6.45, 7) is 5.10. The normalized spacial score (nSPS) is 13.0. The minimum atomic E-state index is 0.0577. The van der Waals surface area contributed by atoms with Gasteiger partial charge in [0, 0.05) is 6.42 Å². The van der Waals surface area contributed by atoms with Gasteiger partial charge in [-0.2, -0.15) is 0 Å². The maximum atomic E-state index is 12.6. The van der Waals surface area contributed by atoms with Crippen LogP contribution >= 0.6 is 0 Å². The maximum absolute atomic E-state index is 12.6. The molecule has 3 nitrogen and oxygen atoms in total. The van der Waals surface area contributed by atoms with Crippen LogP contribution in [-0.2, 0) is 6.42 Å². The molecule has 0 saturated carbocycles. The van der Waals surface area contributed by atoms with E-state index < -0.39 is 0 Å². The van der Waals surface area contributed by atoms with Gasteiger partial charge >= 0.3 is 0 Å². The molecule has 108 valence electrons. The summed E-state index contributed by atoms with van der Waals surface area (Å²) in [5.41, 5.74) is 3.98. The Morgan fingerprint density at radius 3 is 2.52 bits per heavy atom. The monoisotopic (exact) mass is 282 g/mol. The van der Waals surface area contributed by atoms with E-state index in [1.165, 1.54) is 11.1 Å². The Morgan fingerprint density at radius 2 is 1.76 bits per heavy atom. The lowest BCUT2D eigenvalue weighted by Crippen LogP contribution is -2.18. The van der Waals surface area contributed by atoms with Gasteiger partial charge in [-0.15, -0.1) is 0 Å². The molecule has 2 aromatic carbocycles. The number of carbonyl (C=O) groups is 1. The fraction of sp³-hybridized carbons (Fsp3) is 0.278. The largest absolute Gasteiger partial charge is 0.486 e. The third-order valence-corrected chi connectivity index (χ3v) is 3.51. The second-order valence-electron chi connectivity index (χ2n) is 5.43. The van der Waals surface area contributed by atoms with E-state index >= 15 is 0 Å². The van der Waals surface area contributed by atoms with Crippen LogP contribution in [0.15, 0.2) is 36.4 Å². The Kier molecular flexibility index (Phi) is 3.65. The zero-order valence-corrected chi connectivity index (χ0v) is 12.3. The number of Topliss-reactive ketones (excluding diaryl/α,β-unsaturated/α-hetero) is 1. The smallest absolute Gasteiger partial charge is 0.172 e. The molecule has 0 unspecified atom stereocenters. The molecule has 0 atom stereocenters. The summed E-state index contributed by atoms with van der Waals surface area (Å²) in [6, 6.07) is 11.7. The summed E-state index contributed by atoms with van der Waals surface area (Å²) >= 11 is 0. The molecule has 1 aliphatic heterocycles. The van der Waals surface area contributed by atoms with E-state index in [1.54, 1.807) is 6.07 Å². The molecule has 0 spiro atoms. The van der Waals surface area contributed by atoms with Gasteiger partial charge in [0.2, 0.25) is 0 Å². The molecule has 0 N–H and O–H groups in total. The molecule has 1 aliphatic rings. The van der Waals surface area contributed by atoms with E-state index in [2.05, 4.69) is 18.2 Å². The van der Waals surface area contributed by atoms with E-state index in [-0.39, 0.29) is 5.78 Å². The van der Waals surface area contributed by atoms with Crippen molar-refractivity contribution in [1.29, 1.82) is 0 Å². The van der Waals surface area contributed by atoms with Crippen molar-refractivity contribution in [3.63, 3.8) is 0 Å². The fourth-order valence-electron chi connectivity index (χ4n) is 2.74. The predicted octanol–water partition coefficient (Wildman–Crippen LogP) is 3.50. The summed E-state index contributed by atoms with van der Waals surface area (Å²) in [4.78, 5) is 12.6. The summed E-state index contributed by atoms with van der Waals surface area (Å²) in [5, 5.41) is 0. The van der Waals surface area contributed by atoms with Crippen molar-refractivity contribution in [2.45, 2.75) is 20.3 Å². The number of ketones is 1. The number of hydrogen-bond donors (Lipinski definition) is 0. The number of rotatable bonds is 3. The number of fused-ring (bicyclic) bond motifs is 1. The molecule has 21 heavy (non-hydrogen) atoms. The molecule has 1 heterocycles. The number of benzene rings is 2. The molecule has 0 bridgehead atoms. The van der Waals surface area contributed by atoms with Gasteiger partial charge in [-0.05, 0) is 31.5 Å². The van der Waals surface area contributed by atoms with Crippen LogP contribution < -0.4 is 9.47 Å². The highest BCUT2D eigenvalue weighted by molar-refractivity contribution is 6.00. The number of carbonyl (C=O) groups excluding carboxylic acids is 1. The van der Waals surface area contributed by atoms with Crippen LogP contribution in [-0.4, -0.2) is 19.0 Å². The second kappa shape index (κ2) is 5.60. The van der Waals surface area contributed by atoms with Crippen molar-refractivity contribution in [2.24, 2.45) is 0 Å². The van der Waals surface area contributed by atoms with Gasteiger partial charge in [0.1, 0.15) is 13.2 Å². The zero-order valence-electron chi connectivity index (χ0n) is 12.3. The summed E-state index contributed by atoms with van der Waals surface area (Å²) < 4.78 is 11.1. The summed E-state index contributed by atoms with van der Waals surface area (Å²) in [7, 11) is 0. The average molecular weight is 282 g/mol. The molecular weight excluding hydrogens is 264 g/mol. The second-order valence-corrected chi connectivity index (χ2v) is 5.43. The van der Waals surface area contributed by atoms with Crippen molar-refractivity contribution >= 4 is 5.78 Å². The first-order chi connectivity index (χ1) is 10.1. The molecule has 0 radical (unpaired) electrons. The number of hydrogen-bond acceptors (Lipinski definition) is 3. The Bertz CT molecular complexity index is 669. The van der Waals surface area contributed by atoms with Gasteiger partial charge in [-0.25, -0.2) is 0 Å². The number of ether oxygens (including phenoxy) is 2. The zero-order chi connectivity index (χ0) is 14.8. The first-order valence-corrected chi connectivity index (χ1v) is 7.12. The van der Waals surface area contributed by atoms with Crippen LogP contribution in [0.2, 0.25) is 0 Å².